The maximum absolute atomic E-state index is 5.31. The van der Waals surface area contributed by atoms with Gasteiger partial charge >= 0.3 is 0 Å². The Bertz CT molecular complexity index is 712. The number of rotatable bonds is 5. The fourth-order valence-corrected chi connectivity index (χ4v) is 3.84. The smallest absolute Gasteiger partial charge is 0.114 e. The van der Waals surface area contributed by atoms with E-state index >= 15 is 0 Å². The van der Waals surface area contributed by atoms with Gasteiger partial charge in [0.15, 0.2) is 0 Å². The van der Waals surface area contributed by atoms with Gasteiger partial charge in [-0.15, -0.1) is 23.1 Å². The van der Waals surface area contributed by atoms with Crippen LogP contribution in [0.15, 0.2) is 51.3 Å². The van der Waals surface area contributed by atoms with Crippen molar-refractivity contribution in [1.82, 2.24) is 4.98 Å². The molecule has 3 rings (SSSR count). The summed E-state index contributed by atoms with van der Waals surface area (Å²) < 4.78 is 5.31. The maximum Gasteiger partial charge on any atom is 0.114 e. The number of aromatic nitrogens is 1. The van der Waals surface area contributed by atoms with Crippen LogP contribution in [0.3, 0.4) is 0 Å². The second kappa shape index (κ2) is 6.50. The normalized spacial score (nSPS) is 11.0. The number of thioether (sulfide) groups is 1. The molecule has 0 aliphatic heterocycles. The van der Waals surface area contributed by atoms with Crippen LogP contribution in [0, 0.1) is 13.8 Å². The molecule has 0 spiro atoms. The summed E-state index contributed by atoms with van der Waals surface area (Å²) in [5.74, 6) is 1.88. The molecule has 0 unspecified atom stereocenters. The highest BCUT2D eigenvalue weighted by Gasteiger charge is 2.06. The SMILES string of the molecule is Cc1ccc(Cc2nc(CSc3ccoc3C)cs2)cc1. The van der Waals surface area contributed by atoms with Crippen LogP contribution in [-0.4, -0.2) is 4.98 Å². The maximum atomic E-state index is 5.31. The predicted molar refractivity (Wildman–Crippen MR) is 89.1 cm³/mol. The molecule has 0 bridgehead atoms. The molecule has 1 aromatic carbocycles. The first-order chi connectivity index (χ1) is 10.2. The standard InChI is InChI=1S/C17H17NOS2/c1-12-3-5-14(6-4-12)9-17-18-15(11-21-17)10-20-16-7-8-19-13(16)2/h3-8,11H,9-10H2,1-2H3. The van der Waals surface area contributed by atoms with Gasteiger partial charge in [-0.3, -0.25) is 0 Å². The van der Waals surface area contributed by atoms with E-state index in [1.807, 2.05) is 13.0 Å². The average molecular weight is 315 g/mol. The van der Waals surface area contributed by atoms with Crippen molar-refractivity contribution in [3.05, 3.63) is 69.6 Å². The van der Waals surface area contributed by atoms with Gasteiger partial charge in [0.25, 0.3) is 0 Å². The van der Waals surface area contributed by atoms with Crippen molar-refractivity contribution in [1.29, 1.82) is 0 Å². The van der Waals surface area contributed by atoms with Gasteiger partial charge in [-0.2, -0.15) is 0 Å². The van der Waals surface area contributed by atoms with E-state index in [-0.39, 0.29) is 0 Å². The molecule has 2 nitrogen and oxygen atoms in total. The van der Waals surface area contributed by atoms with Crippen molar-refractivity contribution in [3.63, 3.8) is 0 Å². The fraction of sp³-hybridized carbons (Fsp3) is 0.235. The number of furan rings is 1. The molecule has 0 aliphatic rings. The zero-order valence-electron chi connectivity index (χ0n) is 12.1. The first-order valence-corrected chi connectivity index (χ1v) is 8.73. The van der Waals surface area contributed by atoms with Crippen LogP contribution in [0.25, 0.3) is 0 Å². The van der Waals surface area contributed by atoms with Crippen LogP contribution in [0.2, 0.25) is 0 Å². The summed E-state index contributed by atoms with van der Waals surface area (Å²) >= 11 is 3.52. The zero-order chi connectivity index (χ0) is 14.7. The zero-order valence-corrected chi connectivity index (χ0v) is 13.8. The van der Waals surface area contributed by atoms with Crippen molar-refractivity contribution in [2.24, 2.45) is 0 Å². The Labute approximate surface area is 133 Å². The Morgan fingerprint density at radius 2 is 1.95 bits per heavy atom. The lowest BCUT2D eigenvalue weighted by Gasteiger charge is -1.99. The highest BCUT2D eigenvalue weighted by atomic mass is 32.2. The first-order valence-electron chi connectivity index (χ1n) is 6.86. The quantitative estimate of drug-likeness (QED) is 0.602. The summed E-state index contributed by atoms with van der Waals surface area (Å²) in [7, 11) is 0. The van der Waals surface area contributed by atoms with E-state index in [9.17, 15) is 0 Å². The second-order valence-electron chi connectivity index (χ2n) is 5.02. The molecular weight excluding hydrogens is 298 g/mol. The molecule has 0 N–H and O–H groups in total. The van der Waals surface area contributed by atoms with Crippen molar-refractivity contribution >= 4 is 23.1 Å². The lowest BCUT2D eigenvalue weighted by molar-refractivity contribution is 0.527. The summed E-state index contributed by atoms with van der Waals surface area (Å²) in [6, 6.07) is 10.7. The summed E-state index contributed by atoms with van der Waals surface area (Å²) in [5.41, 5.74) is 3.76. The molecule has 2 heterocycles. The van der Waals surface area contributed by atoms with Crippen molar-refractivity contribution in [2.45, 2.75) is 30.9 Å². The van der Waals surface area contributed by atoms with Crippen molar-refractivity contribution in [3.8, 4) is 0 Å². The molecule has 0 saturated heterocycles. The number of benzene rings is 1. The van der Waals surface area contributed by atoms with Crippen LogP contribution in [0.5, 0.6) is 0 Å². The van der Waals surface area contributed by atoms with Crippen LogP contribution in [0.1, 0.15) is 27.6 Å². The Morgan fingerprint density at radius 1 is 1.14 bits per heavy atom. The van der Waals surface area contributed by atoms with E-state index in [0.717, 1.165) is 23.6 Å². The third kappa shape index (κ3) is 3.77. The van der Waals surface area contributed by atoms with Gasteiger partial charge in [0, 0.05) is 22.4 Å². The molecule has 0 aliphatic carbocycles. The van der Waals surface area contributed by atoms with Gasteiger partial charge in [-0.05, 0) is 25.5 Å². The van der Waals surface area contributed by atoms with E-state index in [1.54, 1.807) is 29.4 Å². The lowest BCUT2D eigenvalue weighted by atomic mass is 10.1. The molecule has 3 aromatic rings. The molecule has 0 radical (unpaired) electrons. The number of nitrogens with zero attached hydrogens (tertiary/aromatic N) is 1. The number of hydrogen-bond donors (Lipinski definition) is 0. The molecule has 4 heteroatoms. The Kier molecular flexibility index (Phi) is 4.46. The lowest BCUT2D eigenvalue weighted by Crippen LogP contribution is -1.88. The van der Waals surface area contributed by atoms with Crippen LogP contribution < -0.4 is 0 Å². The monoisotopic (exact) mass is 315 g/mol. The van der Waals surface area contributed by atoms with E-state index in [2.05, 4.69) is 36.6 Å². The fourth-order valence-electron chi connectivity index (χ4n) is 2.05. The largest absolute Gasteiger partial charge is 0.468 e. The van der Waals surface area contributed by atoms with Gasteiger partial charge in [-0.1, -0.05) is 29.8 Å². The van der Waals surface area contributed by atoms with Gasteiger partial charge in [0.1, 0.15) is 5.76 Å². The first kappa shape index (κ1) is 14.4. The average Bonchev–Trinajstić information content (AvgIpc) is 3.08. The summed E-state index contributed by atoms with van der Waals surface area (Å²) in [4.78, 5) is 5.92. The minimum atomic E-state index is 0.894. The third-order valence-corrected chi connectivity index (χ3v) is 5.33. The molecule has 0 fully saturated rings. The van der Waals surface area contributed by atoms with Crippen LogP contribution in [-0.2, 0) is 12.2 Å². The molecular formula is C17H17NOS2. The number of aryl methyl sites for hydroxylation is 2. The molecule has 108 valence electrons. The van der Waals surface area contributed by atoms with E-state index in [0.29, 0.717) is 0 Å². The number of hydrogen-bond acceptors (Lipinski definition) is 4. The molecule has 0 saturated carbocycles. The minimum absolute atomic E-state index is 0.894. The van der Waals surface area contributed by atoms with Gasteiger partial charge < -0.3 is 4.42 Å². The summed E-state index contributed by atoms with van der Waals surface area (Å²) in [5, 5.41) is 3.34. The van der Waals surface area contributed by atoms with E-state index in [4.69, 9.17) is 9.40 Å². The van der Waals surface area contributed by atoms with Crippen molar-refractivity contribution < 1.29 is 4.42 Å². The highest BCUT2D eigenvalue weighted by Crippen LogP contribution is 2.27. The second-order valence-corrected chi connectivity index (χ2v) is 6.98. The van der Waals surface area contributed by atoms with Gasteiger partial charge in [0.05, 0.1) is 17.0 Å². The molecule has 0 amide bonds. The number of thiazole rings is 1. The Balaban J connectivity index is 1.61. The minimum Gasteiger partial charge on any atom is -0.468 e. The van der Waals surface area contributed by atoms with Gasteiger partial charge in [0.2, 0.25) is 0 Å². The van der Waals surface area contributed by atoms with Crippen molar-refractivity contribution in [2.75, 3.05) is 0 Å². The predicted octanol–water partition coefficient (Wildman–Crippen LogP) is 5.24. The van der Waals surface area contributed by atoms with E-state index in [1.165, 1.54) is 21.0 Å². The Morgan fingerprint density at radius 3 is 2.67 bits per heavy atom. The molecule has 2 aromatic heterocycles. The van der Waals surface area contributed by atoms with Crippen LogP contribution >= 0.6 is 23.1 Å². The molecule has 21 heavy (non-hydrogen) atoms. The third-order valence-electron chi connectivity index (χ3n) is 3.26. The summed E-state index contributed by atoms with van der Waals surface area (Å²) in [6.07, 6.45) is 2.65. The summed E-state index contributed by atoms with van der Waals surface area (Å²) in [6.45, 7) is 4.10. The van der Waals surface area contributed by atoms with E-state index < -0.39 is 0 Å². The Hall–Kier alpha value is -1.52. The van der Waals surface area contributed by atoms with Crippen LogP contribution in [0.4, 0.5) is 0 Å². The molecule has 0 atom stereocenters. The topological polar surface area (TPSA) is 26.0 Å². The highest BCUT2D eigenvalue weighted by molar-refractivity contribution is 7.98. The van der Waals surface area contributed by atoms with Gasteiger partial charge in [-0.25, -0.2) is 4.98 Å².